The van der Waals surface area contributed by atoms with Gasteiger partial charge in [-0.1, -0.05) is 12.1 Å². The number of aromatic carboxylic acids is 1. The summed E-state index contributed by atoms with van der Waals surface area (Å²) in [4.78, 5) is 44.9. The van der Waals surface area contributed by atoms with E-state index in [1.165, 1.54) is 29.2 Å². The lowest BCUT2D eigenvalue weighted by Gasteiger charge is -2.28. The van der Waals surface area contributed by atoms with Crippen LogP contribution in [0, 0.1) is 0 Å². The molecule has 1 aromatic carbocycles. The quantitative estimate of drug-likeness (QED) is 0.267. The van der Waals surface area contributed by atoms with Crippen LogP contribution in [0.4, 0.5) is 0 Å². The van der Waals surface area contributed by atoms with E-state index in [1.807, 2.05) is 0 Å². The number of benzene rings is 1. The van der Waals surface area contributed by atoms with Gasteiger partial charge in [-0.2, -0.15) is 0 Å². The maximum Gasteiger partial charge on any atom is 0.339 e. The summed E-state index contributed by atoms with van der Waals surface area (Å²) in [5, 5.41) is 21.5. The summed E-state index contributed by atoms with van der Waals surface area (Å²) in [5.41, 5.74) is 1.86. The molecule has 0 radical (unpaired) electrons. The lowest BCUT2D eigenvalue weighted by molar-refractivity contribution is -0.129. The molecule has 32 heavy (non-hydrogen) atoms. The van der Waals surface area contributed by atoms with E-state index in [-0.39, 0.29) is 28.5 Å². The molecular formula is C22H16N4O5S. The minimum atomic E-state index is -1.24. The van der Waals surface area contributed by atoms with Gasteiger partial charge in [-0.25, -0.2) is 4.79 Å². The number of carboxylic acid groups (broad SMARTS) is 1. The molecule has 0 aliphatic carbocycles. The Morgan fingerprint density at radius 3 is 2.66 bits per heavy atom. The Morgan fingerprint density at radius 2 is 1.97 bits per heavy atom. The summed E-state index contributed by atoms with van der Waals surface area (Å²) < 4.78 is 0. The number of H-pyrrole nitrogens is 1. The maximum absolute atomic E-state index is 13.0. The maximum atomic E-state index is 13.0. The second kappa shape index (κ2) is 8.44. The average Bonchev–Trinajstić information content (AvgIpc) is 3.23. The second-order valence-corrected chi connectivity index (χ2v) is 7.28. The molecule has 9 nitrogen and oxygen atoms in total. The predicted octanol–water partition coefficient (Wildman–Crippen LogP) is 2.31. The van der Waals surface area contributed by atoms with E-state index in [4.69, 9.17) is 17.3 Å². The molecule has 2 aromatic heterocycles. The van der Waals surface area contributed by atoms with Crippen molar-refractivity contribution in [2.75, 3.05) is 0 Å². The Morgan fingerprint density at radius 1 is 1.16 bits per heavy atom. The molecule has 0 atom stereocenters. The van der Waals surface area contributed by atoms with Gasteiger partial charge in [0.15, 0.2) is 5.11 Å². The smallest absolute Gasteiger partial charge is 0.339 e. The number of thiocarbonyl (C=S) groups is 1. The Bertz CT molecular complexity index is 1280. The number of phenols is 1. The molecule has 3 aromatic rings. The Balaban J connectivity index is 1.60. The number of hydrogen-bond donors (Lipinski definition) is 4. The van der Waals surface area contributed by atoms with Gasteiger partial charge < -0.3 is 15.2 Å². The molecule has 3 heterocycles. The highest BCUT2D eigenvalue weighted by molar-refractivity contribution is 7.80. The number of aromatic amines is 1. The zero-order chi connectivity index (χ0) is 22.8. The van der Waals surface area contributed by atoms with Gasteiger partial charge in [-0.15, -0.1) is 0 Å². The lowest BCUT2D eigenvalue weighted by atomic mass is 10.1. The number of nitrogens with one attached hydrogen (secondary N) is 2. The summed E-state index contributed by atoms with van der Waals surface area (Å²) >= 11 is 5.15. The number of nitrogens with zero attached hydrogens (tertiary/aromatic N) is 2. The van der Waals surface area contributed by atoms with Crippen molar-refractivity contribution < 1.29 is 24.6 Å². The lowest BCUT2D eigenvalue weighted by Crippen LogP contribution is -2.53. The number of carbonyl (C=O) groups is 3. The molecule has 4 rings (SSSR count). The van der Waals surface area contributed by atoms with Crippen molar-refractivity contribution in [2.45, 2.75) is 6.54 Å². The van der Waals surface area contributed by atoms with Gasteiger partial charge in [0.05, 0.1) is 12.2 Å². The molecule has 0 saturated carbocycles. The SMILES string of the molecule is O=C1NC(=S)N(Cc2ccccn2)C(=O)/C1=C/c1ccc(-c2ccc(C(=O)O)c(O)c2)[nH]1. The van der Waals surface area contributed by atoms with Gasteiger partial charge in [-0.3, -0.25) is 24.8 Å². The van der Waals surface area contributed by atoms with Crippen molar-refractivity contribution in [2.24, 2.45) is 0 Å². The summed E-state index contributed by atoms with van der Waals surface area (Å²) in [6.45, 7) is 0.112. The highest BCUT2D eigenvalue weighted by Gasteiger charge is 2.33. The molecule has 1 saturated heterocycles. The Hall–Kier alpha value is -4.31. The van der Waals surface area contributed by atoms with Gasteiger partial charge in [-0.05, 0) is 54.7 Å². The van der Waals surface area contributed by atoms with Crippen LogP contribution >= 0.6 is 12.2 Å². The summed E-state index contributed by atoms with van der Waals surface area (Å²) in [5.74, 6) is -2.77. The van der Waals surface area contributed by atoms with E-state index in [2.05, 4.69) is 15.3 Å². The van der Waals surface area contributed by atoms with Crippen LogP contribution in [0.3, 0.4) is 0 Å². The first kappa shape index (κ1) is 20.9. The molecule has 0 spiro atoms. The number of amides is 2. The molecule has 10 heteroatoms. The predicted molar refractivity (Wildman–Crippen MR) is 118 cm³/mol. The van der Waals surface area contributed by atoms with E-state index < -0.39 is 17.8 Å². The van der Waals surface area contributed by atoms with Crippen LogP contribution in [0.1, 0.15) is 21.7 Å². The van der Waals surface area contributed by atoms with Crippen LogP contribution in [-0.2, 0) is 16.1 Å². The van der Waals surface area contributed by atoms with Crippen LogP contribution in [0.25, 0.3) is 17.3 Å². The molecule has 1 fully saturated rings. The van der Waals surface area contributed by atoms with Crippen molar-refractivity contribution in [3.63, 3.8) is 0 Å². The first-order valence-electron chi connectivity index (χ1n) is 9.38. The number of aromatic nitrogens is 2. The topological polar surface area (TPSA) is 136 Å². The van der Waals surface area contributed by atoms with Gasteiger partial charge in [0, 0.05) is 23.1 Å². The molecule has 2 amide bonds. The van der Waals surface area contributed by atoms with E-state index in [1.54, 1.807) is 36.5 Å². The van der Waals surface area contributed by atoms with E-state index in [0.29, 0.717) is 22.6 Å². The van der Waals surface area contributed by atoms with Gasteiger partial charge in [0.2, 0.25) is 0 Å². The fourth-order valence-electron chi connectivity index (χ4n) is 3.19. The van der Waals surface area contributed by atoms with Crippen molar-refractivity contribution in [1.29, 1.82) is 0 Å². The van der Waals surface area contributed by atoms with Crippen molar-refractivity contribution >= 4 is 41.2 Å². The minimum absolute atomic E-state index is 0.00368. The molecule has 160 valence electrons. The van der Waals surface area contributed by atoms with Crippen LogP contribution in [-0.4, -0.2) is 48.0 Å². The highest BCUT2D eigenvalue weighted by Crippen LogP contribution is 2.27. The minimum Gasteiger partial charge on any atom is -0.507 e. The fraction of sp³-hybridized carbons (Fsp3) is 0.0455. The number of hydrogen-bond acceptors (Lipinski definition) is 6. The monoisotopic (exact) mass is 448 g/mol. The van der Waals surface area contributed by atoms with Crippen LogP contribution in [0.15, 0.2) is 60.3 Å². The zero-order valence-corrected chi connectivity index (χ0v) is 17.2. The van der Waals surface area contributed by atoms with E-state index >= 15 is 0 Å². The van der Waals surface area contributed by atoms with Crippen LogP contribution in [0.5, 0.6) is 5.75 Å². The first-order chi connectivity index (χ1) is 15.3. The van der Waals surface area contributed by atoms with Crippen molar-refractivity contribution in [3.8, 4) is 17.0 Å². The number of aromatic hydroxyl groups is 1. The van der Waals surface area contributed by atoms with Gasteiger partial charge >= 0.3 is 5.97 Å². The van der Waals surface area contributed by atoms with Gasteiger partial charge in [0.1, 0.15) is 16.9 Å². The van der Waals surface area contributed by atoms with Crippen molar-refractivity contribution in [1.82, 2.24) is 20.2 Å². The molecule has 4 N–H and O–H groups in total. The molecule has 0 bridgehead atoms. The molecular weight excluding hydrogens is 432 g/mol. The molecule has 1 aliphatic heterocycles. The molecule has 0 unspecified atom stereocenters. The fourth-order valence-corrected chi connectivity index (χ4v) is 3.43. The Labute approximate surface area is 187 Å². The number of carbonyl (C=O) groups excluding carboxylic acids is 2. The third kappa shape index (κ3) is 4.12. The third-order valence-electron chi connectivity index (χ3n) is 4.78. The number of rotatable bonds is 5. The standard InChI is InChI=1S/C22H16N4O5S/c27-18-9-12(4-6-15(18)21(30)31)17-7-5-13(24-17)10-16-19(28)25-22(32)26(20(16)29)11-14-3-1-2-8-23-14/h1-10,24,27H,11H2,(H,30,31)(H,25,28,32)/b16-10+. The van der Waals surface area contributed by atoms with E-state index in [9.17, 15) is 19.5 Å². The molecule has 1 aliphatic rings. The zero-order valence-electron chi connectivity index (χ0n) is 16.4. The van der Waals surface area contributed by atoms with Crippen molar-refractivity contribution in [3.05, 3.63) is 77.3 Å². The number of carboxylic acids is 1. The Kier molecular flexibility index (Phi) is 5.52. The second-order valence-electron chi connectivity index (χ2n) is 6.89. The number of pyridine rings is 1. The average molecular weight is 448 g/mol. The van der Waals surface area contributed by atoms with Crippen LogP contribution in [0.2, 0.25) is 0 Å². The largest absolute Gasteiger partial charge is 0.507 e. The highest BCUT2D eigenvalue weighted by atomic mass is 32.1. The van der Waals surface area contributed by atoms with Gasteiger partial charge in [0.25, 0.3) is 11.8 Å². The third-order valence-corrected chi connectivity index (χ3v) is 5.10. The summed E-state index contributed by atoms with van der Waals surface area (Å²) in [6, 6.07) is 12.8. The van der Waals surface area contributed by atoms with E-state index in [0.717, 1.165) is 0 Å². The first-order valence-corrected chi connectivity index (χ1v) is 9.79. The summed E-state index contributed by atoms with van der Waals surface area (Å²) in [7, 11) is 0. The normalized spacial score (nSPS) is 15.2. The summed E-state index contributed by atoms with van der Waals surface area (Å²) in [6.07, 6.45) is 3.00. The van der Waals surface area contributed by atoms with Crippen LogP contribution < -0.4 is 5.32 Å².